The summed E-state index contributed by atoms with van der Waals surface area (Å²) in [5.74, 6) is 0.691. The fourth-order valence-electron chi connectivity index (χ4n) is 5.35. The van der Waals surface area contributed by atoms with Crippen molar-refractivity contribution in [2.75, 3.05) is 26.8 Å². The van der Waals surface area contributed by atoms with Crippen molar-refractivity contribution in [3.05, 3.63) is 48.0 Å². The molecule has 126 valence electrons. The Morgan fingerprint density at radius 1 is 1.21 bits per heavy atom. The van der Waals surface area contributed by atoms with Gasteiger partial charge in [-0.05, 0) is 34.6 Å². The van der Waals surface area contributed by atoms with Crippen molar-refractivity contribution in [1.29, 1.82) is 0 Å². The number of carbonyl (C=O) groups is 1. The number of amides is 1. The highest BCUT2D eigenvalue weighted by atomic mass is 16.5. The van der Waals surface area contributed by atoms with Crippen LogP contribution in [-0.2, 0) is 4.74 Å². The molecule has 4 rings (SSSR count). The van der Waals surface area contributed by atoms with E-state index in [-0.39, 0.29) is 11.3 Å². The molecule has 2 atom stereocenters. The first-order valence-electron chi connectivity index (χ1n) is 8.73. The second-order valence-corrected chi connectivity index (χ2v) is 8.23. The molecule has 2 aromatic carbocycles. The van der Waals surface area contributed by atoms with Crippen LogP contribution in [0.25, 0.3) is 10.8 Å². The number of rotatable bonds is 3. The number of hydrogen-bond donors (Lipinski definition) is 0. The summed E-state index contributed by atoms with van der Waals surface area (Å²) in [7, 11) is 1.77. The first kappa shape index (κ1) is 15.6. The Bertz CT molecular complexity index is 792. The summed E-state index contributed by atoms with van der Waals surface area (Å²) >= 11 is 0. The van der Waals surface area contributed by atoms with Gasteiger partial charge in [0, 0.05) is 31.2 Å². The predicted molar refractivity (Wildman–Crippen MR) is 96.0 cm³/mol. The smallest absolute Gasteiger partial charge is 0.254 e. The zero-order valence-electron chi connectivity index (χ0n) is 14.7. The van der Waals surface area contributed by atoms with E-state index in [9.17, 15) is 4.79 Å². The fraction of sp³-hybridized carbons (Fsp3) is 0.476. The first-order chi connectivity index (χ1) is 11.5. The summed E-state index contributed by atoms with van der Waals surface area (Å²) < 4.78 is 5.51. The maximum Gasteiger partial charge on any atom is 0.254 e. The highest BCUT2D eigenvalue weighted by Crippen LogP contribution is 2.62. The molecule has 2 aromatic rings. The van der Waals surface area contributed by atoms with Crippen molar-refractivity contribution >= 4 is 16.7 Å². The zero-order chi connectivity index (χ0) is 16.9. The third-order valence-electron chi connectivity index (χ3n) is 6.14. The van der Waals surface area contributed by atoms with Crippen LogP contribution in [0.3, 0.4) is 0 Å². The molecule has 0 bridgehead atoms. The van der Waals surface area contributed by atoms with Gasteiger partial charge >= 0.3 is 0 Å². The van der Waals surface area contributed by atoms with Gasteiger partial charge in [0.1, 0.15) is 0 Å². The van der Waals surface area contributed by atoms with Crippen LogP contribution in [0.1, 0.15) is 30.6 Å². The molecule has 1 amide bonds. The van der Waals surface area contributed by atoms with Crippen molar-refractivity contribution in [2.45, 2.75) is 20.3 Å². The van der Waals surface area contributed by atoms with Gasteiger partial charge in [-0.2, -0.15) is 0 Å². The number of fused-ring (bicyclic) bond motifs is 2. The molecule has 24 heavy (non-hydrogen) atoms. The van der Waals surface area contributed by atoms with E-state index >= 15 is 0 Å². The predicted octanol–water partition coefficient (Wildman–Crippen LogP) is 3.97. The van der Waals surface area contributed by atoms with Gasteiger partial charge < -0.3 is 9.64 Å². The largest absolute Gasteiger partial charge is 0.384 e. The molecule has 3 nitrogen and oxygen atoms in total. The maximum absolute atomic E-state index is 13.2. The lowest BCUT2D eigenvalue weighted by Crippen LogP contribution is -2.55. The maximum atomic E-state index is 13.2. The van der Waals surface area contributed by atoms with Crippen LogP contribution >= 0.6 is 0 Å². The lowest BCUT2D eigenvalue weighted by molar-refractivity contribution is -0.107. The number of hydrogen-bond acceptors (Lipinski definition) is 2. The average Bonchev–Trinajstić information content (AvgIpc) is 2.89. The standard InChI is InChI=1S/C21H25NO2/c1-20(2)12-21(14-24-3)13-22(11-18(20)21)19(23)17-10-6-8-15-7-4-5-9-16(15)17/h4-10,18H,11-14H2,1-3H3/t18-,21-/m1/s1. The minimum Gasteiger partial charge on any atom is -0.384 e. The molecule has 1 saturated heterocycles. The molecule has 0 spiro atoms. The Balaban J connectivity index is 1.66. The van der Waals surface area contributed by atoms with Crippen LogP contribution in [-0.4, -0.2) is 37.6 Å². The molecule has 2 aliphatic rings. The van der Waals surface area contributed by atoms with E-state index in [0.29, 0.717) is 11.3 Å². The lowest BCUT2D eigenvalue weighted by atomic mass is 9.48. The van der Waals surface area contributed by atoms with Gasteiger partial charge in [0.15, 0.2) is 0 Å². The van der Waals surface area contributed by atoms with Gasteiger partial charge in [-0.25, -0.2) is 0 Å². The Morgan fingerprint density at radius 3 is 2.71 bits per heavy atom. The summed E-state index contributed by atoms with van der Waals surface area (Å²) in [5, 5.41) is 2.17. The van der Waals surface area contributed by atoms with E-state index in [1.54, 1.807) is 7.11 Å². The minimum atomic E-state index is 0.151. The second-order valence-electron chi connectivity index (χ2n) is 8.23. The fourth-order valence-corrected chi connectivity index (χ4v) is 5.35. The summed E-state index contributed by atoms with van der Waals surface area (Å²) in [4.78, 5) is 15.3. The first-order valence-corrected chi connectivity index (χ1v) is 8.73. The van der Waals surface area contributed by atoms with E-state index in [0.717, 1.165) is 42.5 Å². The van der Waals surface area contributed by atoms with E-state index in [2.05, 4.69) is 30.9 Å². The van der Waals surface area contributed by atoms with E-state index in [4.69, 9.17) is 4.74 Å². The van der Waals surface area contributed by atoms with Crippen LogP contribution in [0.4, 0.5) is 0 Å². The molecule has 3 heteroatoms. The van der Waals surface area contributed by atoms with Crippen molar-refractivity contribution in [1.82, 2.24) is 4.90 Å². The Hall–Kier alpha value is -1.87. The highest BCUT2D eigenvalue weighted by molar-refractivity contribution is 6.07. The Labute approximate surface area is 143 Å². The summed E-state index contributed by atoms with van der Waals surface area (Å²) in [6.45, 7) is 7.05. The molecule has 0 radical (unpaired) electrons. The van der Waals surface area contributed by atoms with Crippen molar-refractivity contribution in [2.24, 2.45) is 16.7 Å². The van der Waals surface area contributed by atoms with Crippen molar-refractivity contribution in [3.63, 3.8) is 0 Å². The van der Waals surface area contributed by atoms with E-state index in [1.807, 2.05) is 30.3 Å². The Kier molecular flexibility index (Phi) is 3.47. The van der Waals surface area contributed by atoms with Crippen molar-refractivity contribution in [3.8, 4) is 0 Å². The molecule has 0 aromatic heterocycles. The normalized spacial score (nSPS) is 27.8. The van der Waals surface area contributed by atoms with Gasteiger partial charge in [-0.3, -0.25) is 4.79 Å². The SMILES string of the molecule is COC[C@@]12CN(C(=O)c3cccc4ccccc34)C[C@@H]1C(C)(C)C2. The molecule has 0 N–H and O–H groups in total. The average molecular weight is 323 g/mol. The van der Waals surface area contributed by atoms with Gasteiger partial charge in [-0.1, -0.05) is 50.2 Å². The monoisotopic (exact) mass is 323 g/mol. The topological polar surface area (TPSA) is 29.5 Å². The van der Waals surface area contributed by atoms with Gasteiger partial charge in [0.25, 0.3) is 5.91 Å². The molecule has 1 aliphatic carbocycles. The molecule has 1 aliphatic heterocycles. The summed E-state index contributed by atoms with van der Waals surface area (Å²) in [6, 6.07) is 14.1. The molecular formula is C21H25NO2. The van der Waals surface area contributed by atoms with Gasteiger partial charge in [0.2, 0.25) is 0 Å². The van der Waals surface area contributed by atoms with E-state index < -0.39 is 0 Å². The Morgan fingerprint density at radius 2 is 1.96 bits per heavy atom. The molecule has 2 fully saturated rings. The van der Waals surface area contributed by atoms with Crippen LogP contribution in [0.15, 0.2) is 42.5 Å². The zero-order valence-corrected chi connectivity index (χ0v) is 14.7. The van der Waals surface area contributed by atoms with Crippen molar-refractivity contribution < 1.29 is 9.53 Å². The second kappa shape index (κ2) is 5.32. The third kappa shape index (κ3) is 2.18. The van der Waals surface area contributed by atoms with Gasteiger partial charge in [0.05, 0.1) is 6.61 Å². The molecule has 0 unspecified atom stereocenters. The van der Waals surface area contributed by atoms with Crippen LogP contribution in [0.5, 0.6) is 0 Å². The third-order valence-corrected chi connectivity index (χ3v) is 6.14. The number of benzene rings is 2. The number of ether oxygens (including phenoxy) is 1. The highest BCUT2D eigenvalue weighted by Gasteiger charge is 2.63. The van der Waals surface area contributed by atoms with Gasteiger partial charge in [-0.15, -0.1) is 0 Å². The number of nitrogens with zero attached hydrogens (tertiary/aromatic N) is 1. The molecule has 1 heterocycles. The van der Waals surface area contributed by atoms with E-state index in [1.165, 1.54) is 0 Å². The van der Waals surface area contributed by atoms with Crippen LogP contribution < -0.4 is 0 Å². The molecule has 1 saturated carbocycles. The number of likely N-dealkylation sites (tertiary alicyclic amines) is 1. The number of carbonyl (C=O) groups excluding carboxylic acids is 1. The summed E-state index contributed by atoms with van der Waals surface area (Å²) in [6.07, 6.45) is 1.14. The lowest BCUT2D eigenvalue weighted by Gasteiger charge is -2.56. The quantitative estimate of drug-likeness (QED) is 0.855. The minimum absolute atomic E-state index is 0.151. The summed E-state index contributed by atoms with van der Waals surface area (Å²) in [5.41, 5.74) is 1.27. The number of methoxy groups -OCH3 is 1. The van der Waals surface area contributed by atoms with Crippen LogP contribution in [0, 0.1) is 16.7 Å². The molecular weight excluding hydrogens is 298 g/mol. The van der Waals surface area contributed by atoms with Crippen LogP contribution in [0.2, 0.25) is 0 Å².